The maximum atomic E-state index is 12.1. The second-order valence-corrected chi connectivity index (χ2v) is 10.1. The number of carboxylic acids is 2. The van der Waals surface area contributed by atoms with Crippen LogP contribution in [0, 0.1) is 11.8 Å². The number of carbonyl (C=O) groups is 4. The van der Waals surface area contributed by atoms with E-state index in [0.717, 1.165) is 51.4 Å². The predicted molar refractivity (Wildman–Crippen MR) is 126 cm³/mol. The van der Waals surface area contributed by atoms with Gasteiger partial charge in [-0.25, -0.2) is 8.42 Å². The van der Waals surface area contributed by atoms with E-state index >= 15 is 0 Å². The maximum Gasteiger partial charge on any atom is 1.00 e. The molecular formula is C24H41Na3O11S. The van der Waals surface area contributed by atoms with E-state index in [1.165, 1.54) is 0 Å². The van der Waals surface area contributed by atoms with Crippen molar-refractivity contribution in [2.45, 2.75) is 104 Å². The van der Waals surface area contributed by atoms with E-state index in [9.17, 15) is 42.4 Å². The van der Waals surface area contributed by atoms with Crippen LogP contribution in [0.2, 0.25) is 0 Å². The van der Waals surface area contributed by atoms with Gasteiger partial charge >= 0.3 is 101 Å². The van der Waals surface area contributed by atoms with Crippen molar-refractivity contribution in [2.75, 3.05) is 13.2 Å². The number of rotatable bonds is 19. The monoisotopic (exact) mass is 606 g/mol. The summed E-state index contributed by atoms with van der Waals surface area (Å²) in [7, 11) is -5.01. The SMILES string of the molecule is CCCCC(CC)COC(=O)CC(C(=O)OCC(CC)CCCC)S(=O)(=O)[O-].O=C([O-])CCC(=O)[O-].[Na+].[Na+].[Na+]. The Kier molecular flexibility index (Phi) is 38.4. The molecule has 0 saturated heterocycles. The smallest absolute Gasteiger partial charge is 0.747 e. The van der Waals surface area contributed by atoms with E-state index < -0.39 is 58.5 Å². The summed E-state index contributed by atoms with van der Waals surface area (Å²) in [6.45, 7) is 8.26. The quantitative estimate of drug-likeness (QED) is 0.0771. The number of hydrogen-bond acceptors (Lipinski definition) is 11. The topological polar surface area (TPSA) is 190 Å². The second-order valence-electron chi connectivity index (χ2n) is 8.58. The summed E-state index contributed by atoms with van der Waals surface area (Å²) in [6.07, 6.45) is 5.64. The van der Waals surface area contributed by atoms with Crippen molar-refractivity contribution >= 4 is 34.0 Å². The zero-order valence-corrected chi connectivity index (χ0v) is 31.6. The van der Waals surface area contributed by atoms with E-state index in [-0.39, 0.29) is 114 Å². The normalized spacial score (nSPS) is 12.4. The van der Waals surface area contributed by atoms with Gasteiger partial charge in [-0.1, -0.05) is 66.2 Å². The Balaban J connectivity index is -0.000000304. The predicted octanol–water partition coefficient (Wildman–Crippen LogP) is -7.91. The Morgan fingerprint density at radius 2 is 1.10 bits per heavy atom. The Hall–Kier alpha value is 0.790. The molecule has 212 valence electrons. The van der Waals surface area contributed by atoms with E-state index in [2.05, 4.69) is 13.8 Å². The molecule has 0 aliphatic carbocycles. The van der Waals surface area contributed by atoms with Crippen molar-refractivity contribution in [3.05, 3.63) is 0 Å². The summed E-state index contributed by atoms with van der Waals surface area (Å²) < 4.78 is 44.6. The number of unbranched alkanes of at least 4 members (excludes halogenated alkanes) is 2. The van der Waals surface area contributed by atoms with Gasteiger partial charge in [0.05, 0.1) is 19.6 Å². The number of hydrogen-bond donors (Lipinski definition) is 0. The van der Waals surface area contributed by atoms with Gasteiger partial charge in [-0.05, 0) is 37.5 Å². The van der Waals surface area contributed by atoms with Crippen LogP contribution >= 0.6 is 0 Å². The molecule has 0 rings (SSSR count). The van der Waals surface area contributed by atoms with Gasteiger partial charge in [0.15, 0.2) is 5.25 Å². The fraction of sp³-hybridized carbons (Fsp3) is 0.833. The van der Waals surface area contributed by atoms with Crippen LogP contribution in [0.3, 0.4) is 0 Å². The van der Waals surface area contributed by atoms with Crippen LogP contribution in [0.5, 0.6) is 0 Å². The molecule has 0 aliphatic heterocycles. The summed E-state index contributed by atoms with van der Waals surface area (Å²) in [6, 6.07) is 0. The molecule has 0 bridgehead atoms. The Morgan fingerprint density at radius 1 is 0.718 bits per heavy atom. The first-order valence-corrected chi connectivity index (χ1v) is 14.0. The minimum Gasteiger partial charge on any atom is -0.747 e. The van der Waals surface area contributed by atoms with Gasteiger partial charge in [0.2, 0.25) is 0 Å². The first-order chi connectivity index (χ1) is 16.8. The van der Waals surface area contributed by atoms with Gasteiger partial charge in [-0.15, -0.1) is 0 Å². The molecule has 39 heavy (non-hydrogen) atoms. The molecule has 0 aromatic rings. The molecule has 3 unspecified atom stereocenters. The zero-order chi connectivity index (χ0) is 28.1. The Morgan fingerprint density at radius 3 is 1.41 bits per heavy atom. The number of ether oxygens (including phenoxy) is 2. The van der Waals surface area contributed by atoms with Crippen molar-refractivity contribution < 1.29 is 141 Å². The largest absolute Gasteiger partial charge is 1.00 e. The van der Waals surface area contributed by atoms with Crippen molar-refractivity contribution in [1.29, 1.82) is 0 Å². The van der Waals surface area contributed by atoms with Gasteiger partial charge in [-0.2, -0.15) is 0 Å². The number of carbonyl (C=O) groups excluding carboxylic acids is 4. The van der Waals surface area contributed by atoms with Crippen LogP contribution < -0.4 is 98.9 Å². The third-order valence-electron chi connectivity index (χ3n) is 5.52. The van der Waals surface area contributed by atoms with Gasteiger partial charge < -0.3 is 33.8 Å². The standard InChI is InChI=1S/C20H38O7S.C4H6O4.3Na/c1-5-9-11-16(7-3)14-26-19(21)13-18(28(23,24)25)20(22)27-15-17(8-4)12-10-6-2;5-3(6)1-2-4(7)8;;;/h16-18H,5-15H2,1-4H3,(H,23,24,25);1-2H2,(H,5,6)(H,7,8);;;/q;;3*+1/p-3. The number of carboxylic acid groups (broad SMARTS) is 2. The fourth-order valence-electron chi connectivity index (χ4n) is 3.02. The van der Waals surface area contributed by atoms with E-state index in [1.807, 2.05) is 13.8 Å². The molecule has 11 nitrogen and oxygen atoms in total. The summed E-state index contributed by atoms with van der Waals surface area (Å²) in [5, 5.41) is 16.9. The molecule has 0 amide bonds. The van der Waals surface area contributed by atoms with Crippen LogP contribution in [0.4, 0.5) is 0 Å². The van der Waals surface area contributed by atoms with Crippen LogP contribution in [-0.2, 0) is 38.8 Å². The average molecular weight is 607 g/mol. The molecule has 0 aromatic carbocycles. The summed E-state index contributed by atoms with van der Waals surface area (Å²) >= 11 is 0. The van der Waals surface area contributed by atoms with Crippen molar-refractivity contribution in [3.8, 4) is 0 Å². The van der Waals surface area contributed by atoms with Crippen molar-refractivity contribution in [1.82, 2.24) is 0 Å². The second kappa shape index (κ2) is 30.3. The van der Waals surface area contributed by atoms with Gasteiger partial charge in [0.25, 0.3) is 0 Å². The Labute approximate surface area is 299 Å². The first-order valence-electron chi connectivity index (χ1n) is 12.5. The van der Waals surface area contributed by atoms with Gasteiger partial charge in [-0.3, -0.25) is 9.59 Å². The molecule has 3 atom stereocenters. The molecule has 0 aromatic heterocycles. The van der Waals surface area contributed by atoms with E-state index in [1.54, 1.807) is 0 Å². The summed E-state index contributed by atoms with van der Waals surface area (Å²) in [4.78, 5) is 43.2. The Bertz CT molecular complexity index is 750. The number of aliphatic carboxylic acids is 2. The third kappa shape index (κ3) is 30.1. The van der Waals surface area contributed by atoms with Crippen LogP contribution in [0.15, 0.2) is 0 Å². The van der Waals surface area contributed by atoms with Gasteiger partial charge in [0.1, 0.15) is 10.1 Å². The van der Waals surface area contributed by atoms with Crippen LogP contribution in [0.1, 0.15) is 98.3 Å². The molecule has 0 aliphatic rings. The molecule has 0 radical (unpaired) electrons. The van der Waals surface area contributed by atoms with Crippen LogP contribution in [-0.4, -0.2) is 55.3 Å². The van der Waals surface area contributed by atoms with Crippen molar-refractivity contribution in [2.24, 2.45) is 11.8 Å². The molecule has 0 N–H and O–H groups in total. The summed E-state index contributed by atoms with van der Waals surface area (Å²) in [5.41, 5.74) is 0. The molecule has 15 heteroatoms. The first kappa shape index (κ1) is 49.5. The minimum atomic E-state index is -5.01. The zero-order valence-electron chi connectivity index (χ0n) is 24.8. The summed E-state index contributed by atoms with van der Waals surface area (Å²) in [5.74, 6) is -4.48. The maximum absolute atomic E-state index is 12.1. The third-order valence-corrected chi connectivity index (χ3v) is 6.58. The van der Waals surface area contributed by atoms with E-state index in [0.29, 0.717) is 0 Å². The minimum absolute atomic E-state index is 0. The molecule has 0 heterocycles. The molecule has 0 saturated carbocycles. The molecule has 0 spiro atoms. The van der Waals surface area contributed by atoms with E-state index in [4.69, 9.17) is 9.47 Å². The van der Waals surface area contributed by atoms with Crippen LogP contribution in [0.25, 0.3) is 0 Å². The average Bonchev–Trinajstić information content (AvgIpc) is 2.81. The molecular weight excluding hydrogens is 565 g/mol. The fourth-order valence-corrected chi connectivity index (χ4v) is 3.66. The van der Waals surface area contributed by atoms with Gasteiger partial charge in [0, 0.05) is 11.9 Å². The van der Waals surface area contributed by atoms with Crippen molar-refractivity contribution in [3.63, 3.8) is 0 Å². The molecule has 0 fully saturated rings. The number of esters is 2.